The van der Waals surface area contributed by atoms with E-state index < -0.39 is 0 Å². The molecule has 0 bridgehead atoms. The van der Waals surface area contributed by atoms with Gasteiger partial charge in [0, 0.05) is 43.1 Å². The summed E-state index contributed by atoms with van der Waals surface area (Å²) in [4.78, 5) is 22.8. The first-order valence-corrected chi connectivity index (χ1v) is 9.90. The van der Waals surface area contributed by atoms with Crippen LogP contribution in [-0.4, -0.2) is 27.5 Å². The van der Waals surface area contributed by atoms with Crippen LogP contribution in [0.3, 0.4) is 0 Å². The summed E-state index contributed by atoms with van der Waals surface area (Å²) in [6.45, 7) is 6.30. The molecule has 1 N–H and O–H groups in total. The van der Waals surface area contributed by atoms with Crippen LogP contribution in [0.1, 0.15) is 23.6 Å². The molecular formula is C24H25N5O. The fraction of sp³-hybridized carbons (Fsp3) is 0.208. The number of rotatable bonds is 5. The van der Waals surface area contributed by atoms with Crippen molar-refractivity contribution in [3.05, 3.63) is 77.6 Å². The van der Waals surface area contributed by atoms with Crippen LogP contribution in [0.5, 0.6) is 0 Å². The summed E-state index contributed by atoms with van der Waals surface area (Å²) in [5, 5.41) is 4.24. The molecule has 0 saturated heterocycles. The van der Waals surface area contributed by atoms with Gasteiger partial charge in [-0.3, -0.25) is 4.79 Å². The van der Waals surface area contributed by atoms with Gasteiger partial charge in [0.25, 0.3) is 0 Å². The molecule has 0 aliphatic heterocycles. The van der Waals surface area contributed by atoms with Crippen LogP contribution in [0.15, 0.2) is 60.9 Å². The average Bonchev–Trinajstić information content (AvgIpc) is 3.11. The van der Waals surface area contributed by atoms with E-state index in [-0.39, 0.29) is 5.91 Å². The van der Waals surface area contributed by atoms with Crippen molar-refractivity contribution in [2.75, 3.05) is 17.3 Å². The molecular weight excluding hydrogens is 374 g/mol. The number of benzene rings is 2. The van der Waals surface area contributed by atoms with Gasteiger partial charge in [-0.2, -0.15) is 4.98 Å². The first kappa shape index (κ1) is 19.6. The lowest BCUT2D eigenvalue weighted by atomic mass is 10.1. The Hall–Kier alpha value is -3.67. The maximum atomic E-state index is 11.9. The molecule has 0 fully saturated rings. The van der Waals surface area contributed by atoms with Crippen molar-refractivity contribution >= 4 is 34.3 Å². The Morgan fingerprint density at radius 2 is 1.80 bits per heavy atom. The molecule has 0 aliphatic rings. The van der Waals surface area contributed by atoms with Crippen LogP contribution in [0.4, 0.5) is 17.3 Å². The Kier molecular flexibility index (Phi) is 5.23. The van der Waals surface area contributed by atoms with E-state index in [1.54, 1.807) is 18.9 Å². The van der Waals surface area contributed by atoms with Gasteiger partial charge < -0.3 is 14.8 Å². The molecule has 0 radical (unpaired) electrons. The zero-order chi connectivity index (χ0) is 21.3. The molecule has 2 aromatic heterocycles. The number of hydrogen-bond acceptors (Lipinski definition) is 4. The largest absolute Gasteiger partial charge is 0.328 e. The normalized spacial score (nSPS) is 10.9. The Morgan fingerprint density at radius 3 is 2.53 bits per heavy atom. The fourth-order valence-electron chi connectivity index (χ4n) is 3.45. The van der Waals surface area contributed by atoms with Crippen LogP contribution >= 0.6 is 0 Å². The molecule has 4 aromatic rings. The SMILES string of the molecule is CC(=O)N(C)c1ccc(C)cc1Cn1ccc2cnc(Nc3ccc(C)cc3)nc21. The number of nitrogens with one attached hydrogen (secondary N) is 1. The molecule has 2 heterocycles. The van der Waals surface area contributed by atoms with E-state index in [9.17, 15) is 4.79 Å². The fourth-order valence-corrected chi connectivity index (χ4v) is 3.45. The minimum absolute atomic E-state index is 0.00405. The Labute approximate surface area is 176 Å². The molecule has 30 heavy (non-hydrogen) atoms. The van der Waals surface area contributed by atoms with Gasteiger partial charge in [-0.05, 0) is 43.7 Å². The van der Waals surface area contributed by atoms with Gasteiger partial charge in [0.1, 0.15) is 5.65 Å². The van der Waals surface area contributed by atoms with Crippen molar-refractivity contribution in [3.63, 3.8) is 0 Å². The predicted molar refractivity (Wildman–Crippen MR) is 121 cm³/mol. The van der Waals surface area contributed by atoms with Gasteiger partial charge in [-0.25, -0.2) is 4.98 Å². The van der Waals surface area contributed by atoms with E-state index in [2.05, 4.69) is 34.8 Å². The number of carbonyl (C=O) groups excluding carboxylic acids is 1. The van der Waals surface area contributed by atoms with Crippen LogP contribution in [0, 0.1) is 13.8 Å². The smallest absolute Gasteiger partial charge is 0.229 e. The Morgan fingerprint density at radius 1 is 1.07 bits per heavy atom. The quantitative estimate of drug-likeness (QED) is 0.522. The molecule has 2 aromatic carbocycles. The lowest BCUT2D eigenvalue weighted by Gasteiger charge is -2.20. The predicted octanol–water partition coefficient (Wildman–Crippen LogP) is 4.82. The molecule has 152 valence electrons. The molecule has 0 unspecified atom stereocenters. The van der Waals surface area contributed by atoms with E-state index in [1.165, 1.54) is 5.56 Å². The van der Waals surface area contributed by atoms with Crippen molar-refractivity contribution < 1.29 is 4.79 Å². The molecule has 0 atom stereocenters. The second-order valence-corrected chi connectivity index (χ2v) is 7.62. The third kappa shape index (κ3) is 4.03. The van der Waals surface area contributed by atoms with Gasteiger partial charge in [0.2, 0.25) is 11.9 Å². The maximum absolute atomic E-state index is 11.9. The van der Waals surface area contributed by atoms with Crippen molar-refractivity contribution in [2.24, 2.45) is 0 Å². The second kappa shape index (κ2) is 7.99. The van der Waals surface area contributed by atoms with Crippen molar-refractivity contribution in [1.82, 2.24) is 14.5 Å². The van der Waals surface area contributed by atoms with Crippen LogP contribution in [-0.2, 0) is 11.3 Å². The van der Waals surface area contributed by atoms with E-state index in [0.717, 1.165) is 33.5 Å². The van der Waals surface area contributed by atoms with E-state index in [4.69, 9.17) is 4.98 Å². The monoisotopic (exact) mass is 399 g/mol. The van der Waals surface area contributed by atoms with E-state index in [0.29, 0.717) is 12.5 Å². The van der Waals surface area contributed by atoms with Gasteiger partial charge >= 0.3 is 0 Å². The molecule has 4 rings (SSSR count). The van der Waals surface area contributed by atoms with Crippen LogP contribution in [0.25, 0.3) is 11.0 Å². The molecule has 0 aliphatic carbocycles. The minimum Gasteiger partial charge on any atom is -0.328 e. The number of aryl methyl sites for hydroxylation is 2. The number of amides is 1. The molecule has 0 saturated carbocycles. The number of carbonyl (C=O) groups is 1. The van der Waals surface area contributed by atoms with Crippen molar-refractivity contribution in [2.45, 2.75) is 27.3 Å². The Bertz CT molecular complexity index is 1210. The number of fused-ring (bicyclic) bond motifs is 1. The topological polar surface area (TPSA) is 63.1 Å². The highest BCUT2D eigenvalue weighted by atomic mass is 16.2. The summed E-state index contributed by atoms with van der Waals surface area (Å²) in [6, 6.07) is 16.3. The van der Waals surface area contributed by atoms with Gasteiger partial charge in [-0.1, -0.05) is 35.4 Å². The van der Waals surface area contributed by atoms with Gasteiger partial charge in [0.05, 0.1) is 6.54 Å². The number of anilines is 3. The van der Waals surface area contributed by atoms with Gasteiger partial charge in [0.15, 0.2) is 0 Å². The summed E-state index contributed by atoms with van der Waals surface area (Å²) in [5.41, 5.74) is 6.12. The first-order chi connectivity index (χ1) is 14.4. The molecule has 0 spiro atoms. The zero-order valence-electron chi connectivity index (χ0n) is 17.7. The van der Waals surface area contributed by atoms with Gasteiger partial charge in [-0.15, -0.1) is 0 Å². The summed E-state index contributed by atoms with van der Waals surface area (Å²) < 4.78 is 2.09. The summed E-state index contributed by atoms with van der Waals surface area (Å²) in [6.07, 6.45) is 3.84. The van der Waals surface area contributed by atoms with Crippen LogP contribution < -0.4 is 10.2 Å². The van der Waals surface area contributed by atoms with E-state index in [1.807, 2.05) is 54.9 Å². The summed E-state index contributed by atoms with van der Waals surface area (Å²) in [7, 11) is 1.80. The minimum atomic E-state index is 0.00405. The molecule has 6 nitrogen and oxygen atoms in total. The average molecular weight is 399 g/mol. The third-order valence-electron chi connectivity index (χ3n) is 5.22. The lowest BCUT2D eigenvalue weighted by Crippen LogP contribution is -2.24. The van der Waals surface area contributed by atoms with Crippen molar-refractivity contribution in [1.29, 1.82) is 0 Å². The third-order valence-corrected chi connectivity index (χ3v) is 5.22. The summed E-state index contributed by atoms with van der Waals surface area (Å²) in [5.74, 6) is 0.556. The number of hydrogen-bond donors (Lipinski definition) is 1. The highest BCUT2D eigenvalue weighted by Crippen LogP contribution is 2.25. The zero-order valence-corrected chi connectivity index (χ0v) is 17.7. The second-order valence-electron chi connectivity index (χ2n) is 7.62. The molecule has 1 amide bonds. The molecule has 6 heteroatoms. The lowest BCUT2D eigenvalue weighted by molar-refractivity contribution is -0.116. The number of nitrogens with zero attached hydrogens (tertiary/aromatic N) is 4. The standard InChI is InChI=1S/C24H25N5O/c1-16-5-8-21(9-6-16)26-24-25-14-19-11-12-29(23(19)27-24)15-20-13-17(2)7-10-22(20)28(4)18(3)30/h5-14H,15H2,1-4H3,(H,25,26,27). The number of aromatic nitrogens is 3. The van der Waals surface area contributed by atoms with Crippen molar-refractivity contribution in [3.8, 4) is 0 Å². The summed E-state index contributed by atoms with van der Waals surface area (Å²) >= 11 is 0. The Balaban J connectivity index is 1.68. The first-order valence-electron chi connectivity index (χ1n) is 9.90. The highest BCUT2D eigenvalue weighted by Gasteiger charge is 2.13. The maximum Gasteiger partial charge on any atom is 0.229 e. The van der Waals surface area contributed by atoms with E-state index >= 15 is 0 Å². The highest BCUT2D eigenvalue weighted by molar-refractivity contribution is 5.91. The van der Waals surface area contributed by atoms with Crippen LogP contribution in [0.2, 0.25) is 0 Å².